The van der Waals surface area contributed by atoms with E-state index < -0.39 is 18.1 Å². The van der Waals surface area contributed by atoms with Gasteiger partial charge in [-0.2, -0.15) is 5.26 Å². The Morgan fingerprint density at radius 2 is 2.26 bits per heavy atom. The highest BCUT2D eigenvalue weighted by Gasteiger charge is 2.21. The normalized spacial score (nSPS) is 10.1. The lowest BCUT2D eigenvalue weighted by atomic mass is 10.1. The van der Waals surface area contributed by atoms with Crippen molar-refractivity contribution in [1.29, 1.82) is 5.26 Å². The molecular formula is C12H12F2N2O3. The number of nitrogens with zero attached hydrogens (tertiary/aromatic N) is 2. The number of alkyl halides is 2. The number of carbonyl (C=O) groups excluding carboxylic acids is 1. The Kier molecular flexibility index (Phi) is 5.18. The number of nitriles is 1. The van der Waals surface area contributed by atoms with Gasteiger partial charge in [0.15, 0.2) is 5.75 Å². The summed E-state index contributed by atoms with van der Waals surface area (Å²) in [7, 11) is 1.18. The van der Waals surface area contributed by atoms with Gasteiger partial charge in [-0.15, -0.1) is 0 Å². The van der Waals surface area contributed by atoms with Crippen LogP contribution < -0.4 is 4.74 Å². The molecule has 0 radical (unpaired) electrons. The quantitative estimate of drug-likeness (QED) is 0.765. The van der Waals surface area contributed by atoms with E-state index in [0.29, 0.717) is 0 Å². The molecule has 1 aromatic heterocycles. The van der Waals surface area contributed by atoms with Gasteiger partial charge in [-0.3, -0.25) is 4.79 Å². The molecule has 0 aliphatic rings. The Balaban J connectivity index is 3.18. The van der Waals surface area contributed by atoms with Crippen LogP contribution in [0.1, 0.15) is 30.3 Å². The molecular weight excluding hydrogens is 258 g/mol. The Hall–Kier alpha value is -2.23. The lowest BCUT2D eigenvalue weighted by Gasteiger charge is -2.10. The molecule has 0 aliphatic carbocycles. The van der Waals surface area contributed by atoms with Crippen LogP contribution in [0, 0.1) is 11.3 Å². The lowest BCUT2D eigenvalue weighted by Crippen LogP contribution is -2.11. The van der Waals surface area contributed by atoms with E-state index in [1.165, 1.54) is 13.2 Å². The smallest absolute Gasteiger partial charge is 0.311 e. The number of halogens is 2. The van der Waals surface area contributed by atoms with Gasteiger partial charge in [0.2, 0.25) is 0 Å². The fourth-order valence-electron chi connectivity index (χ4n) is 1.50. The van der Waals surface area contributed by atoms with Gasteiger partial charge in [0, 0.05) is 0 Å². The van der Waals surface area contributed by atoms with E-state index in [0.717, 1.165) is 0 Å². The topological polar surface area (TPSA) is 72.2 Å². The minimum Gasteiger partial charge on any atom is -0.493 e. The van der Waals surface area contributed by atoms with E-state index in [-0.39, 0.29) is 30.0 Å². The standard InChI is InChI=1S/C12H12F2N2O3/c1-3-19-9(17)5-8-4-7(6-15)11(18-2)10(16-8)12(13)14/h4,12H,3,5H2,1-2H3. The summed E-state index contributed by atoms with van der Waals surface area (Å²) in [6, 6.07) is 2.97. The van der Waals surface area contributed by atoms with Crippen LogP contribution in [0.15, 0.2) is 6.07 Å². The fraction of sp³-hybridized carbons (Fsp3) is 0.417. The van der Waals surface area contributed by atoms with Crippen molar-refractivity contribution in [2.75, 3.05) is 13.7 Å². The highest BCUT2D eigenvalue weighted by atomic mass is 19.3. The van der Waals surface area contributed by atoms with E-state index >= 15 is 0 Å². The van der Waals surface area contributed by atoms with Crippen molar-refractivity contribution in [3.05, 3.63) is 23.0 Å². The predicted molar refractivity (Wildman–Crippen MR) is 60.8 cm³/mol. The molecule has 0 atom stereocenters. The lowest BCUT2D eigenvalue weighted by molar-refractivity contribution is -0.142. The maximum atomic E-state index is 12.8. The Morgan fingerprint density at radius 3 is 2.74 bits per heavy atom. The molecule has 19 heavy (non-hydrogen) atoms. The van der Waals surface area contributed by atoms with Crippen molar-refractivity contribution in [3.63, 3.8) is 0 Å². The zero-order valence-corrected chi connectivity index (χ0v) is 10.4. The zero-order chi connectivity index (χ0) is 14.4. The van der Waals surface area contributed by atoms with E-state index in [4.69, 9.17) is 14.7 Å². The van der Waals surface area contributed by atoms with Crippen LogP contribution in [0.5, 0.6) is 5.75 Å². The van der Waals surface area contributed by atoms with Gasteiger partial charge in [-0.25, -0.2) is 13.8 Å². The first kappa shape index (κ1) is 14.8. The van der Waals surface area contributed by atoms with Crippen LogP contribution in [0.3, 0.4) is 0 Å². The van der Waals surface area contributed by atoms with E-state index in [1.807, 2.05) is 0 Å². The van der Waals surface area contributed by atoms with Crippen LogP contribution in [0.4, 0.5) is 8.78 Å². The first-order chi connectivity index (χ1) is 9.03. The van der Waals surface area contributed by atoms with Crippen molar-refractivity contribution in [2.24, 2.45) is 0 Å². The van der Waals surface area contributed by atoms with Gasteiger partial charge < -0.3 is 9.47 Å². The molecule has 0 spiro atoms. The number of pyridine rings is 1. The number of esters is 1. The summed E-state index contributed by atoms with van der Waals surface area (Å²) < 4.78 is 35.1. The summed E-state index contributed by atoms with van der Waals surface area (Å²) in [4.78, 5) is 14.9. The average Bonchev–Trinajstić information content (AvgIpc) is 2.37. The summed E-state index contributed by atoms with van der Waals surface area (Å²) in [5.41, 5.74) is -0.695. The van der Waals surface area contributed by atoms with Crippen molar-refractivity contribution < 1.29 is 23.0 Å². The van der Waals surface area contributed by atoms with Gasteiger partial charge in [0.05, 0.1) is 31.4 Å². The number of aromatic nitrogens is 1. The molecule has 0 saturated heterocycles. The summed E-state index contributed by atoms with van der Waals surface area (Å²) in [5.74, 6) is -0.866. The first-order valence-corrected chi connectivity index (χ1v) is 5.45. The van der Waals surface area contributed by atoms with Gasteiger partial charge in [-0.05, 0) is 13.0 Å². The molecule has 0 N–H and O–H groups in total. The molecule has 5 nitrogen and oxygen atoms in total. The molecule has 0 bridgehead atoms. The average molecular weight is 270 g/mol. The number of methoxy groups -OCH3 is 1. The number of carbonyl (C=O) groups is 1. The summed E-state index contributed by atoms with van der Waals surface area (Å²) in [6.07, 6.45) is -3.17. The summed E-state index contributed by atoms with van der Waals surface area (Å²) in [6.45, 7) is 1.81. The Labute approximate surface area is 108 Å². The fourth-order valence-corrected chi connectivity index (χ4v) is 1.50. The molecule has 7 heteroatoms. The van der Waals surface area contributed by atoms with Crippen molar-refractivity contribution in [2.45, 2.75) is 19.8 Å². The molecule has 0 unspecified atom stereocenters. The number of hydrogen-bond acceptors (Lipinski definition) is 5. The molecule has 0 amide bonds. The van der Waals surface area contributed by atoms with Crippen LogP contribution in [0.25, 0.3) is 0 Å². The third kappa shape index (κ3) is 3.61. The summed E-state index contributed by atoms with van der Waals surface area (Å²) >= 11 is 0. The second kappa shape index (κ2) is 6.64. The third-order valence-corrected chi connectivity index (χ3v) is 2.21. The highest BCUT2D eigenvalue weighted by Crippen LogP contribution is 2.30. The van der Waals surface area contributed by atoms with Crippen molar-refractivity contribution >= 4 is 5.97 Å². The molecule has 0 saturated carbocycles. The van der Waals surface area contributed by atoms with Crippen LogP contribution >= 0.6 is 0 Å². The number of ether oxygens (including phenoxy) is 2. The van der Waals surface area contributed by atoms with Crippen LogP contribution in [0.2, 0.25) is 0 Å². The summed E-state index contributed by atoms with van der Waals surface area (Å²) in [5, 5.41) is 8.90. The highest BCUT2D eigenvalue weighted by molar-refractivity contribution is 5.72. The second-order valence-electron chi connectivity index (χ2n) is 3.47. The molecule has 1 heterocycles. The zero-order valence-electron chi connectivity index (χ0n) is 10.4. The van der Waals surface area contributed by atoms with Crippen LogP contribution in [-0.2, 0) is 16.0 Å². The van der Waals surface area contributed by atoms with E-state index in [1.54, 1.807) is 13.0 Å². The minimum atomic E-state index is -2.90. The maximum absolute atomic E-state index is 12.8. The van der Waals surface area contributed by atoms with E-state index in [9.17, 15) is 13.6 Å². The third-order valence-electron chi connectivity index (χ3n) is 2.21. The monoisotopic (exact) mass is 270 g/mol. The molecule has 102 valence electrons. The second-order valence-corrected chi connectivity index (χ2v) is 3.47. The van der Waals surface area contributed by atoms with Crippen LogP contribution in [-0.4, -0.2) is 24.7 Å². The molecule has 1 aromatic rings. The molecule has 0 aliphatic heterocycles. The number of hydrogen-bond donors (Lipinski definition) is 0. The first-order valence-electron chi connectivity index (χ1n) is 5.45. The van der Waals surface area contributed by atoms with Gasteiger partial charge >= 0.3 is 5.97 Å². The van der Waals surface area contributed by atoms with Gasteiger partial charge in [0.25, 0.3) is 6.43 Å². The Morgan fingerprint density at radius 1 is 1.58 bits per heavy atom. The Bertz CT molecular complexity index is 512. The van der Waals surface area contributed by atoms with Gasteiger partial charge in [0.1, 0.15) is 11.8 Å². The molecule has 0 fully saturated rings. The minimum absolute atomic E-state index is 0.0473. The van der Waals surface area contributed by atoms with Crippen molar-refractivity contribution in [1.82, 2.24) is 4.98 Å². The molecule has 1 rings (SSSR count). The van der Waals surface area contributed by atoms with Gasteiger partial charge in [-0.1, -0.05) is 0 Å². The largest absolute Gasteiger partial charge is 0.493 e. The molecule has 0 aromatic carbocycles. The maximum Gasteiger partial charge on any atom is 0.311 e. The predicted octanol–water partition coefficient (Wildman–Crippen LogP) is 2.01. The van der Waals surface area contributed by atoms with Crippen molar-refractivity contribution in [3.8, 4) is 11.8 Å². The van der Waals surface area contributed by atoms with E-state index in [2.05, 4.69) is 4.98 Å². The SMILES string of the molecule is CCOC(=O)Cc1cc(C#N)c(OC)c(C(F)F)n1. The number of rotatable bonds is 5.